The van der Waals surface area contributed by atoms with Crippen molar-refractivity contribution >= 4 is 23.2 Å². The molecule has 3 aromatic rings. The third kappa shape index (κ3) is 4.70. The zero-order valence-electron chi connectivity index (χ0n) is 16.0. The molecule has 0 aliphatic rings. The number of aromatic nitrogens is 1. The Labute approximate surface area is 170 Å². The van der Waals surface area contributed by atoms with Crippen LogP contribution in [-0.2, 0) is 17.6 Å². The molecule has 0 aliphatic heterocycles. The lowest BCUT2D eigenvalue weighted by molar-refractivity contribution is -0.115. The van der Waals surface area contributed by atoms with Crippen molar-refractivity contribution in [1.82, 2.24) is 4.98 Å². The van der Waals surface area contributed by atoms with Gasteiger partial charge in [0.25, 0.3) is 0 Å². The lowest BCUT2D eigenvalue weighted by Crippen LogP contribution is -2.17. The van der Waals surface area contributed by atoms with Crippen LogP contribution >= 0.6 is 11.6 Å². The van der Waals surface area contributed by atoms with Crippen LogP contribution in [0.3, 0.4) is 0 Å². The molecular weight excluding hydrogens is 372 g/mol. The maximum atomic E-state index is 12.7. The van der Waals surface area contributed by atoms with E-state index in [-0.39, 0.29) is 12.3 Å². The van der Waals surface area contributed by atoms with E-state index < -0.39 is 0 Å². The maximum Gasteiger partial charge on any atom is 0.230 e. The molecule has 1 amide bonds. The van der Waals surface area contributed by atoms with E-state index in [4.69, 9.17) is 16.0 Å². The van der Waals surface area contributed by atoms with Crippen LogP contribution in [0, 0.1) is 0 Å². The molecule has 0 saturated carbocycles. The van der Waals surface area contributed by atoms with Gasteiger partial charge >= 0.3 is 0 Å². The summed E-state index contributed by atoms with van der Waals surface area (Å²) in [6.45, 7) is 8.03. The topological polar surface area (TPSA) is 55.1 Å². The van der Waals surface area contributed by atoms with Crippen LogP contribution in [0.1, 0.15) is 36.6 Å². The average molecular weight is 395 g/mol. The number of nitrogens with zero attached hydrogens (tertiary/aromatic N) is 1. The summed E-state index contributed by atoms with van der Waals surface area (Å²) in [6, 6.07) is 13.3. The van der Waals surface area contributed by atoms with E-state index in [1.807, 2.05) is 36.4 Å². The molecule has 0 unspecified atom stereocenters. The minimum atomic E-state index is -0.130. The number of benzene rings is 2. The molecule has 28 heavy (non-hydrogen) atoms. The van der Waals surface area contributed by atoms with Gasteiger partial charge in [-0.15, -0.1) is 6.58 Å². The molecule has 1 heterocycles. The van der Waals surface area contributed by atoms with E-state index >= 15 is 0 Å². The molecule has 4 nitrogen and oxygen atoms in total. The zero-order valence-corrected chi connectivity index (χ0v) is 16.8. The number of rotatable bonds is 7. The number of amides is 1. The van der Waals surface area contributed by atoms with Crippen molar-refractivity contribution in [2.45, 2.75) is 32.6 Å². The Balaban J connectivity index is 1.76. The van der Waals surface area contributed by atoms with Gasteiger partial charge in [-0.05, 0) is 47.7 Å². The Morgan fingerprint density at radius 2 is 2.00 bits per heavy atom. The van der Waals surface area contributed by atoms with Crippen molar-refractivity contribution in [2.24, 2.45) is 0 Å². The van der Waals surface area contributed by atoms with Crippen molar-refractivity contribution < 1.29 is 9.21 Å². The van der Waals surface area contributed by atoms with Gasteiger partial charge in [-0.25, -0.2) is 4.98 Å². The number of carbonyl (C=O) groups excluding carboxylic acids is 1. The number of allylic oxidation sites excluding steroid dienone is 1. The van der Waals surface area contributed by atoms with Crippen LogP contribution in [0.5, 0.6) is 0 Å². The number of para-hydroxylation sites is 1. The van der Waals surface area contributed by atoms with E-state index in [9.17, 15) is 4.79 Å². The second-order valence-corrected chi connectivity index (χ2v) is 7.34. The van der Waals surface area contributed by atoms with Crippen molar-refractivity contribution in [3.63, 3.8) is 0 Å². The predicted octanol–water partition coefficient (Wildman–Crippen LogP) is 6.03. The van der Waals surface area contributed by atoms with Crippen LogP contribution in [-0.4, -0.2) is 10.9 Å². The van der Waals surface area contributed by atoms with Crippen LogP contribution in [0.2, 0.25) is 5.02 Å². The van der Waals surface area contributed by atoms with E-state index in [1.165, 1.54) is 6.26 Å². The first-order valence-corrected chi connectivity index (χ1v) is 9.58. The first kappa shape index (κ1) is 19.9. The van der Waals surface area contributed by atoms with Crippen LogP contribution in [0.15, 0.2) is 65.8 Å². The normalized spacial score (nSPS) is 10.9. The first-order chi connectivity index (χ1) is 13.5. The number of hydrogen-bond acceptors (Lipinski definition) is 3. The Kier molecular flexibility index (Phi) is 6.32. The highest BCUT2D eigenvalue weighted by molar-refractivity contribution is 6.30. The molecular formula is C23H23ClN2O2. The molecule has 144 valence electrons. The summed E-state index contributed by atoms with van der Waals surface area (Å²) < 4.78 is 5.52. The Morgan fingerprint density at radius 1 is 1.25 bits per heavy atom. The number of nitrogens with one attached hydrogen (secondary N) is 1. The molecule has 3 rings (SSSR count). The lowest BCUT2D eigenvalue weighted by Gasteiger charge is -2.17. The molecule has 2 aromatic carbocycles. The van der Waals surface area contributed by atoms with E-state index in [2.05, 4.69) is 30.7 Å². The van der Waals surface area contributed by atoms with Gasteiger partial charge in [0.1, 0.15) is 6.26 Å². The molecule has 0 atom stereocenters. The highest BCUT2D eigenvalue weighted by Crippen LogP contribution is 2.29. The fourth-order valence-corrected chi connectivity index (χ4v) is 3.17. The second kappa shape index (κ2) is 8.89. The number of anilines is 1. The summed E-state index contributed by atoms with van der Waals surface area (Å²) in [4.78, 5) is 17.1. The van der Waals surface area contributed by atoms with Gasteiger partial charge in [0.15, 0.2) is 0 Å². The predicted molar refractivity (Wildman–Crippen MR) is 114 cm³/mol. The molecule has 5 heteroatoms. The van der Waals surface area contributed by atoms with E-state index in [0.29, 0.717) is 28.9 Å². The third-order valence-electron chi connectivity index (χ3n) is 4.42. The molecule has 0 aliphatic carbocycles. The molecule has 1 N–H and O–H groups in total. The molecule has 0 radical (unpaired) electrons. The fraction of sp³-hybridized carbons (Fsp3) is 0.217. The maximum absolute atomic E-state index is 12.7. The molecule has 0 bridgehead atoms. The third-order valence-corrected chi connectivity index (χ3v) is 4.67. The largest absolute Gasteiger partial charge is 0.444 e. The first-order valence-electron chi connectivity index (χ1n) is 9.20. The second-order valence-electron chi connectivity index (χ2n) is 6.90. The fourth-order valence-electron chi connectivity index (χ4n) is 3.04. The van der Waals surface area contributed by atoms with Gasteiger partial charge in [-0.2, -0.15) is 0 Å². The Morgan fingerprint density at radius 3 is 2.68 bits per heavy atom. The smallest absolute Gasteiger partial charge is 0.230 e. The average Bonchev–Trinajstić information content (AvgIpc) is 3.12. The van der Waals surface area contributed by atoms with Crippen LogP contribution < -0.4 is 5.32 Å². The molecule has 0 spiro atoms. The standard InChI is InChI=1S/C23H23ClN2O2/c1-4-6-16-7-5-8-20(15(2)3)22(16)26-21(27)13-19-14-28-23(25-19)17-9-11-18(24)12-10-17/h4-5,7-12,14-15H,1,6,13H2,2-3H3,(H,26,27). The molecule has 0 fully saturated rings. The van der Waals surface area contributed by atoms with Crippen LogP contribution in [0.4, 0.5) is 5.69 Å². The van der Waals surface area contributed by atoms with Gasteiger partial charge in [0.05, 0.1) is 12.1 Å². The van der Waals surface area contributed by atoms with Crippen molar-refractivity contribution in [2.75, 3.05) is 5.32 Å². The molecule has 1 aromatic heterocycles. The van der Waals surface area contributed by atoms with Gasteiger partial charge in [-0.3, -0.25) is 4.79 Å². The lowest BCUT2D eigenvalue weighted by atomic mass is 9.96. The Bertz CT molecular complexity index is 975. The summed E-state index contributed by atoms with van der Waals surface area (Å²) in [5.41, 5.74) is 4.42. The summed E-state index contributed by atoms with van der Waals surface area (Å²) in [6.07, 6.45) is 4.19. The minimum Gasteiger partial charge on any atom is -0.444 e. The highest BCUT2D eigenvalue weighted by atomic mass is 35.5. The zero-order chi connectivity index (χ0) is 20.1. The highest BCUT2D eigenvalue weighted by Gasteiger charge is 2.15. The van der Waals surface area contributed by atoms with E-state index in [0.717, 1.165) is 22.4 Å². The van der Waals surface area contributed by atoms with Crippen molar-refractivity contribution in [3.8, 4) is 11.5 Å². The van der Waals surface area contributed by atoms with Crippen molar-refractivity contribution in [1.29, 1.82) is 0 Å². The van der Waals surface area contributed by atoms with Gasteiger partial charge in [0, 0.05) is 16.3 Å². The Hall–Kier alpha value is -2.85. The number of halogens is 1. The SMILES string of the molecule is C=CCc1cccc(C(C)C)c1NC(=O)Cc1coc(-c2ccc(Cl)cc2)n1. The number of hydrogen-bond donors (Lipinski definition) is 1. The number of oxazole rings is 1. The van der Waals surface area contributed by atoms with E-state index in [1.54, 1.807) is 12.1 Å². The van der Waals surface area contributed by atoms with Gasteiger partial charge in [0.2, 0.25) is 11.8 Å². The summed E-state index contributed by atoms with van der Waals surface area (Å²) in [5.74, 6) is 0.632. The summed E-state index contributed by atoms with van der Waals surface area (Å²) >= 11 is 5.91. The quantitative estimate of drug-likeness (QED) is 0.498. The summed E-state index contributed by atoms with van der Waals surface area (Å²) in [5, 5.41) is 3.71. The summed E-state index contributed by atoms with van der Waals surface area (Å²) in [7, 11) is 0. The van der Waals surface area contributed by atoms with Crippen LogP contribution in [0.25, 0.3) is 11.5 Å². The number of carbonyl (C=O) groups is 1. The minimum absolute atomic E-state index is 0.130. The van der Waals surface area contributed by atoms with Crippen molar-refractivity contribution in [3.05, 3.63) is 83.2 Å². The van der Waals surface area contributed by atoms with Gasteiger partial charge < -0.3 is 9.73 Å². The monoisotopic (exact) mass is 394 g/mol. The molecule has 0 saturated heterocycles. The van der Waals surface area contributed by atoms with Gasteiger partial charge in [-0.1, -0.05) is 49.7 Å².